The number of benzene rings is 1. The molecule has 0 saturated carbocycles. The van der Waals surface area contributed by atoms with E-state index in [1.807, 2.05) is 0 Å². The van der Waals surface area contributed by atoms with Gasteiger partial charge in [0.1, 0.15) is 0 Å². The number of anilines is 1. The van der Waals surface area contributed by atoms with Gasteiger partial charge >= 0.3 is 0 Å². The Kier molecular flexibility index (Phi) is 5.75. The van der Waals surface area contributed by atoms with Crippen LogP contribution >= 0.6 is 0 Å². The normalized spacial score (nSPS) is 17.3. The largest absolute Gasteiger partial charge is 0.384 e. The second kappa shape index (κ2) is 7.57. The summed E-state index contributed by atoms with van der Waals surface area (Å²) in [6, 6.07) is 6.73. The molecule has 0 fully saturated rings. The quantitative estimate of drug-likeness (QED) is 0.595. The van der Waals surface area contributed by atoms with Crippen LogP contribution in [0.4, 0.5) is 5.69 Å². The second-order valence-electron chi connectivity index (χ2n) is 6.03. The van der Waals surface area contributed by atoms with Crippen molar-refractivity contribution in [3.8, 4) is 0 Å². The highest BCUT2D eigenvalue weighted by molar-refractivity contribution is 5.62. The Hall–Kier alpha value is -0.980. The minimum atomic E-state index is 0.755. The van der Waals surface area contributed by atoms with Crippen LogP contribution < -0.4 is 5.32 Å². The number of aryl methyl sites for hydroxylation is 1. The Morgan fingerprint density at radius 3 is 2.58 bits per heavy atom. The molecule has 1 unspecified atom stereocenters. The molecule has 106 valence electrons. The van der Waals surface area contributed by atoms with Crippen LogP contribution in [0.1, 0.15) is 75.3 Å². The van der Waals surface area contributed by atoms with Crippen LogP contribution in [0.3, 0.4) is 0 Å². The Morgan fingerprint density at radius 2 is 1.79 bits per heavy atom. The Morgan fingerprint density at radius 1 is 1.05 bits per heavy atom. The summed E-state index contributed by atoms with van der Waals surface area (Å²) in [5.41, 5.74) is 4.38. The van der Waals surface area contributed by atoms with Crippen molar-refractivity contribution in [1.82, 2.24) is 0 Å². The zero-order valence-electron chi connectivity index (χ0n) is 12.7. The van der Waals surface area contributed by atoms with Gasteiger partial charge in [-0.3, -0.25) is 0 Å². The SMILES string of the molecule is CCCCCCCCCC1CNc2c(C)cccc21. The number of hydrogen-bond donors (Lipinski definition) is 1. The summed E-state index contributed by atoms with van der Waals surface area (Å²) in [5, 5.41) is 3.59. The molecule has 1 N–H and O–H groups in total. The number of rotatable bonds is 8. The smallest absolute Gasteiger partial charge is 0.0406 e. The Balaban J connectivity index is 1.67. The molecule has 0 saturated heterocycles. The molecule has 1 heterocycles. The van der Waals surface area contributed by atoms with Crippen molar-refractivity contribution in [2.75, 3.05) is 11.9 Å². The van der Waals surface area contributed by atoms with E-state index >= 15 is 0 Å². The van der Waals surface area contributed by atoms with Crippen LogP contribution in [-0.2, 0) is 0 Å². The third kappa shape index (κ3) is 3.99. The average Bonchev–Trinajstić information content (AvgIpc) is 2.83. The first kappa shape index (κ1) is 14.4. The summed E-state index contributed by atoms with van der Waals surface area (Å²) in [5.74, 6) is 0.755. The van der Waals surface area contributed by atoms with Crippen LogP contribution in [0.5, 0.6) is 0 Å². The molecule has 19 heavy (non-hydrogen) atoms. The second-order valence-corrected chi connectivity index (χ2v) is 6.03. The van der Waals surface area contributed by atoms with Gasteiger partial charge in [-0.05, 0) is 24.5 Å². The topological polar surface area (TPSA) is 12.0 Å². The predicted molar refractivity (Wildman–Crippen MR) is 85.0 cm³/mol. The third-order valence-corrected chi connectivity index (χ3v) is 4.43. The number of nitrogens with one attached hydrogen (secondary N) is 1. The van der Waals surface area contributed by atoms with Gasteiger partial charge in [-0.15, -0.1) is 0 Å². The summed E-state index contributed by atoms with van der Waals surface area (Å²) in [7, 11) is 0. The molecule has 0 amide bonds. The molecule has 0 bridgehead atoms. The monoisotopic (exact) mass is 259 g/mol. The molecule has 1 heteroatoms. The maximum atomic E-state index is 3.59. The van der Waals surface area contributed by atoms with Crippen molar-refractivity contribution in [2.24, 2.45) is 0 Å². The molecule has 1 aromatic rings. The molecule has 1 atom stereocenters. The first-order chi connectivity index (χ1) is 9.33. The Labute approximate surface area is 118 Å². The van der Waals surface area contributed by atoms with Crippen LogP contribution in [0.25, 0.3) is 0 Å². The highest BCUT2D eigenvalue weighted by atomic mass is 14.9. The van der Waals surface area contributed by atoms with Gasteiger partial charge in [0.15, 0.2) is 0 Å². The first-order valence-corrected chi connectivity index (χ1v) is 8.16. The zero-order chi connectivity index (χ0) is 13.5. The lowest BCUT2D eigenvalue weighted by atomic mass is 9.93. The maximum absolute atomic E-state index is 3.59. The zero-order valence-corrected chi connectivity index (χ0v) is 12.7. The van der Waals surface area contributed by atoms with Crippen LogP contribution in [0.15, 0.2) is 18.2 Å². The minimum absolute atomic E-state index is 0.755. The van der Waals surface area contributed by atoms with E-state index < -0.39 is 0 Å². The van der Waals surface area contributed by atoms with Crippen LogP contribution in [0, 0.1) is 6.92 Å². The number of hydrogen-bond acceptors (Lipinski definition) is 1. The van der Waals surface area contributed by atoms with Crippen LogP contribution in [-0.4, -0.2) is 6.54 Å². The molecule has 0 spiro atoms. The van der Waals surface area contributed by atoms with Gasteiger partial charge in [-0.25, -0.2) is 0 Å². The molecule has 0 aliphatic carbocycles. The van der Waals surface area contributed by atoms with E-state index in [1.54, 1.807) is 5.56 Å². The third-order valence-electron chi connectivity index (χ3n) is 4.43. The summed E-state index contributed by atoms with van der Waals surface area (Å²) in [6.45, 7) is 5.64. The lowest BCUT2D eigenvalue weighted by Gasteiger charge is -2.10. The fourth-order valence-corrected chi connectivity index (χ4v) is 3.21. The molecule has 1 aromatic carbocycles. The lowest BCUT2D eigenvalue weighted by Crippen LogP contribution is -2.01. The molecule has 1 aliphatic rings. The molecule has 0 radical (unpaired) electrons. The highest BCUT2D eigenvalue weighted by Gasteiger charge is 2.22. The van der Waals surface area contributed by atoms with E-state index in [4.69, 9.17) is 0 Å². The van der Waals surface area contributed by atoms with Gasteiger partial charge in [0, 0.05) is 18.2 Å². The van der Waals surface area contributed by atoms with E-state index in [9.17, 15) is 0 Å². The van der Waals surface area contributed by atoms with Crippen molar-refractivity contribution >= 4 is 5.69 Å². The van der Waals surface area contributed by atoms with Crippen molar-refractivity contribution in [3.63, 3.8) is 0 Å². The van der Waals surface area contributed by atoms with Crippen molar-refractivity contribution in [2.45, 2.75) is 71.1 Å². The van der Waals surface area contributed by atoms with E-state index in [2.05, 4.69) is 37.4 Å². The standard InChI is InChI=1S/C18H29N/c1-3-4-5-6-7-8-9-12-16-14-19-18-15(2)11-10-13-17(16)18/h10-11,13,16,19H,3-9,12,14H2,1-2H3. The summed E-state index contributed by atoms with van der Waals surface area (Å²) in [4.78, 5) is 0. The average molecular weight is 259 g/mol. The molecule has 0 aromatic heterocycles. The van der Waals surface area contributed by atoms with E-state index in [-0.39, 0.29) is 0 Å². The van der Waals surface area contributed by atoms with E-state index in [1.165, 1.54) is 62.6 Å². The van der Waals surface area contributed by atoms with Gasteiger partial charge in [0.2, 0.25) is 0 Å². The fourth-order valence-electron chi connectivity index (χ4n) is 3.21. The van der Waals surface area contributed by atoms with E-state index in [0.29, 0.717) is 0 Å². The summed E-state index contributed by atoms with van der Waals surface area (Å²) < 4.78 is 0. The van der Waals surface area contributed by atoms with Crippen molar-refractivity contribution in [3.05, 3.63) is 29.3 Å². The number of unbranched alkanes of at least 4 members (excludes halogenated alkanes) is 6. The number of fused-ring (bicyclic) bond motifs is 1. The predicted octanol–water partition coefficient (Wildman–Crippen LogP) is 5.64. The fraction of sp³-hybridized carbons (Fsp3) is 0.667. The van der Waals surface area contributed by atoms with Gasteiger partial charge in [0.05, 0.1) is 0 Å². The van der Waals surface area contributed by atoms with Gasteiger partial charge in [-0.1, -0.05) is 70.1 Å². The lowest BCUT2D eigenvalue weighted by molar-refractivity contribution is 0.549. The first-order valence-electron chi connectivity index (χ1n) is 8.16. The highest BCUT2D eigenvalue weighted by Crippen LogP contribution is 2.36. The molecular weight excluding hydrogens is 230 g/mol. The van der Waals surface area contributed by atoms with E-state index in [0.717, 1.165) is 12.5 Å². The number of para-hydroxylation sites is 1. The summed E-state index contributed by atoms with van der Waals surface area (Å²) >= 11 is 0. The summed E-state index contributed by atoms with van der Waals surface area (Å²) in [6.07, 6.45) is 11.2. The van der Waals surface area contributed by atoms with Crippen molar-refractivity contribution < 1.29 is 0 Å². The Bertz CT molecular complexity index is 383. The molecular formula is C18H29N. The molecule has 1 nitrogen and oxygen atoms in total. The van der Waals surface area contributed by atoms with Crippen molar-refractivity contribution in [1.29, 1.82) is 0 Å². The van der Waals surface area contributed by atoms with Gasteiger partial charge < -0.3 is 5.32 Å². The molecule has 2 rings (SSSR count). The van der Waals surface area contributed by atoms with Gasteiger partial charge in [0.25, 0.3) is 0 Å². The minimum Gasteiger partial charge on any atom is -0.384 e. The molecule has 1 aliphatic heterocycles. The maximum Gasteiger partial charge on any atom is 0.0406 e. The van der Waals surface area contributed by atoms with Gasteiger partial charge in [-0.2, -0.15) is 0 Å². The van der Waals surface area contributed by atoms with Crippen LogP contribution in [0.2, 0.25) is 0 Å².